The van der Waals surface area contributed by atoms with Gasteiger partial charge in [-0.2, -0.15) is 15.2 Å². The Morgan fingerprint density at radius 1 is 1.48 bits per heavy atom. The molecule has 0 saturated carbocycles. The third-order valence-electron chi connectivity index (χ3n) is 3.43. The molecule has 1 N–H and O–H groups in total. The van der Waals surface area contributed by atoms with Crippen LogP contribution >= 0.6 is 0 Å². The monoisotopic (exact) mass is 288 g/mol. The van der Waals surface area contributed by atoms with Gasteiger partial charge in [0.2, 0.25) is 5.95 Å². The Kier molecular flexibility index (Phi) is 3.20. The van der Waals surface area contributed by atoms with E-state index in [1.54, 1.807) is 22.5 Å². The summed E-state index contributed by atoms with van der Waals surface area (Å²) in [4.78, 5) is 16.5. The van der Waals surface area contributed by atoms with Gasteiger partial charge >= 0.3 is 5.97 Å². The number of esters is 1. The second kappa shape index (κ2) is 5.04. The van der Waals surface area contributed by atoms with Crippen molar-refractivity contribution >= 4 is 11.9 Å². The summed E-state index contributed by atoms with van der Waals surface area (Å²) in [6.07, 6.45) is 3.14. The van der Waals surface area contributed by atoms with Crippen molar-refractivity contribution in [2.24, 2.45) is 7.05 Å². The molecule has 0 spiro atoms. The fraction of sp³-hybridized carbons (Fsp3) is 0.385. The molecule has 0 aromatic carbocycles. The largest absolute Gasteiger partial charge is 0.463 e. The van der Waals surface area contributed by atoms with Crippen LogP contribution in [-0.4, -0.2) is 37.1 Å². The van der Waals surface area contributed by atoms with Gasteiger partial charge in [0.15, 0.2) is 0 Å². The lowest BCUT2D eigenvalue weighted by Crippen LogP contribution is -2.30. The smallest absolute Gasteiger partial charge is 0.338 e. The summed E-state index contributed by atoms with van der Waals surface area (Å²) in [7, 11) is 1.83. The Bertz CT molecular complexity index is 714. The molecule has 2 aromatic rings. The molecule has 0 amide bonds. The van der Waals surface area contributed by atoms with Gasteiger partial charge in [-0.25, -0.2) is 9.48 Å². The summed E-state index contributed by atoms with van der Waals surface area (Å²) in [5, 5.41) is 11.5. The molecule has 110 valence electrons. The van der Waals surface area contributed by atoms with Crippen LogP contribution in [0.3, 0.4) is 0 Å². The van der Waals surface area contributed by atoms with Crippen LogP contribution in [0, 0.1) is 0 Å². The van der Waals surface area contributed by atoms with E-state index in [1.807, 2.05) is 20.0 Å². The van der Waals surface area contributed by atoms with Crippen LogP contribution in [-0.2, 0) is 16.6 Å². The number of ether oxygens (including phenoxy) is 1. The predicted octanol–water partition coefficient (Wildman–Crippen LogP) is 0.864. The number of hydrogen-bond donors (Lipinski definition) is 1. The van der Waals surface area contributed by atoms with E-state index in [2.05, 4.69) is 20.5 Å². The van der Waals surface area contributed by atoms with Crippen LogP contribution in [0.1, 0.15) is 25.6 Å². The summed E-state index contributed by atoms with van der Waals surface area (Å²) in [6.45, 7) is 3.93. The second-order valence-electron chi connectivity index (χ2n) is 4.69. The van der Waals surface area contributed by atoms with Crippen LogP contribution in [0.5, 0.6) is 0 Å². The zero-order valence-corrected chi connectivity index (χ0v) is 12.1. The van der Waals surface area contributed by atoms with E-state index in [1.165, 1.54) is 6.33 Å². The van der Waals surface area contributed by atoms with Crippen molar-refractivity contribution in [3.63, 3.8) is 0 Å². The van der Waals surface area contributed by atoms with Crippen LogP contribution in [0.15, 0.2) is 29.9 Å². The molecule has 0 fully saturated rings. The lowest BCUT2D eigenvalue weighted by Gasteiger charge is -2.27. The van der Waals surface area contributed by atoms with Gasteiger partial charge in [-0.1, -0.05) is 0 Å². The number of fused-ring (bicyclic) bond motifs is 1. The number of hydrogen-bond acceptors (Lipinski definition) is 6. The first-order valence-electron chi connectivity index (χ1n) is 6.65. The van der Waals surface area contributed by atoms with E-state index in [9.17, 15) is 4.79 Å². The Hall–Kier alpha value is -2.64. The molecule has 1 unspecified atom stereocenters. The van der Waals surface area contributed by atoms with E-state index in [0.717, 1.165) is 5.69 Å². The summed E-state index contributed by atoms with van der Waals surface area (Å²) in [6, 6.07) is 1.45. The zero-order valence-electron chi connectivity index (χ0n) is 12.1. The average Bonchev–Trinajstić information content (AvgIpc) is 3.06. The number of carbonyl (C=O) groups is 1. The number of nitrogens with one attached hydrogen (secondary N) is 1. The second-order valence-corrected chi connectivity index (χ2v) is 4.69. The van der Waals surface area contributed by atoms with E-state index >= 15 is 0 Å². The van der Waals surface area contributed by atoms with E-state index in [0.29, 0.717) is 23.8 Å². The average molecular weight is 288 g/mol. The van der Waals surface area contributed by atoms with E-state index < -0.39 is 6.04 Å². The molecular weight excluding hydrogens is 272 g/mol. The van der Waals surface area contributed by atoms with Gasteiger partial charge in [0, 0.05) is 18.9 Å². The molecule has 21 heavy (non-hydrogen) atoms. The maximum atomic E-state index is 12.3. The van der Waals surface area contributed by atoms with E-state index in [-0.39, 0.29) is 5.97 Å². The highest BCUT2D eigenvalue weighted by Gasteiger charge is 2.35. The minimum Gasteiger partial charge on any atom is -0.463 e. The number of allylic oxidation sites excluding steroid dienone is 1. The lowest BCUT2D eigenvalue weighted by molar-refractivity contribution is -0.139. The molecule has 3 heterocycles. The van der Waals surface area contributed by atoms with Crippen LogP contribution in [0.4, 0.5) is 5.95 Å². The first-order chi connectivity index (χ1) is 10.1. The van der Waals surface area contributed by atoms with Gasteiger partial charge in [0.1, 0.15) is 12.4 Å². The number of nitrogens with zero attached hydrogens (tertiary/aromatic N) is 5. The maximum Gasteiger partial charge on any atom is 0.338 e. The molecule has 1 atom stereocenters. The highest BCUT2D eigenvalue weighted by Crippen LogP contribution is 2.34. The molecule has 0 radical (unpaired) electrons. The maximum absolute atomic E-state index is 12.3. The number of carbonyl (C=O) groups excluding carboxylic acids is 1. The summed E-state index contributed by atoms with van der Waals surface area (Å²) < 4.78 is 8.56. The Balaban J connectivity index is 2.16. The fourth-order valence-electron chi connectivity index (χ4n) is 2.49. The highest BCUT2D eigenvalue weighted by atomic mass is 16.5. The lowest BCUT2D eigenvalue weighted by atomic mass is 10.0. The SMILES string of the molecule is CCOC(=O)C1=C(C)Nc2ncnn2C1c1ccnn1C. The van der Waals surface area contributed by atoms with Crippen molar-refractivity contribution < 1.29 is 9.53 Å². The molecule has 0 bridgehead atoms. The number of anilines is 1. The molecule has 8 nitrogen and oxygen atoms in total. The summed E-state index contributed by atoms with van der Waals surface area (Å²) >= 11 is 0. The summed E-state index contributed by atoms with van der Waals surface area (Å²) in [5.74, 6) is 0.224. The number of aromatic nitrogens is 5. The Morgan fingerprint density at radius 3 is 2.95 bits per heavy atom. The minimum absolute atomic E-state index is 0.317. The molecule has 3 rings (SSSR count). The van der Waals surface area contributed by atoms with Crippen LogP contribution in [0.25, 0.3) is 0 Å². The van der Waals surface area contributed by atoms with Gasteiger partial charge < -0.3 is 10.1 Å². The van der Waals surface area contributed by atoms with Crippen molar-refractivity contribution in [3.8, 4) is 0 Å². The summed E-state index contributed by atoms with van der Waals surface area (Å²) in [5.41, 5.74) is 2.06. The molecule has 2 aromatic heterocycles. The topological polar surface area (TPSA) is 86.9 Å². The van der Waals surface area contributed by atoms with Crippen molar-refractivity contribution in [3.05, 3.63) is 35.6 Å². The number of rotatable bonds is 3. The van der Waals surface area contributed by atoms with Crippen LogP contribution in [0.2, 0.25) is 0 Å². The normalized spacial score (nSPS) is 17.4. The van der Waals surface area contributed by atoms with Crippen LogP contribution < -0.4 is 5.32 Å². The molecular formula is C13H16N6O2. The third-order valence-corrected chi connectivity index (χ3v) is 3.43. The van der Waals surface area contributed by atoms with Gasteiger partial charge in [-0.05, 0) is 19.9 Å². The zero-order chi connectivity index (χ0) is 15.0. The molecule has 0 saturated heterocycles. The first kappa shape index (κ1) is 13.3. The highest BCUT2D eigenvalue weighted by molar-refractivity contribution is 5.92. The molecule has 1 aliphatic heterocycles. The van der Waals surface area contributed by atoms with Gasteiger partial charge in [-0.15, -0.1) is 0 Å². The van der Waals surface area contributed by atoms with Crippen molar-refractivity contribution in [1.82, 2.24) is 24.5 Å². The first-order valence-corrected chi connectivity index (χ1v) is 6.65. The molecule has 8 heteroatoms. The predicted molar refractivity (Wildman–Crippen MR) is 74.3 cm³/mol. The quantitative estimate of drug-likeness (QED) is 0.843. The molecule has 0 aliphatic carbocycles. The Morgan fingerprint density at radius 2 is 2.29 bits per heavy atom. The van der Waals surface area contributed by atoms with E-state index in [4.69, 9.17) is 4.74 Å². The third kappa shape index (κ3) is 2.08. The van der Waals surface area contributed by atoms with Gasteiger partial charge in [0.05, 0.1) is 17.9 Å². The minimum atomic E-state index is -0.407. The van der Waals surface area contributed by atoms with Crippen molar-refractivity contribution in [2.75, 3.05) is 11.9 Å². The molecule has 1 aliphatic rings. The van der Waals surface area contributed by atoms with Crippen molar-refractivity contribution in [2.45, 2.75) is 19.9 Å². The standard InChI is InChI=1S/C13H16N6O2/c1-4-21-12(20)10-8(2)17-13-14-7-16-19(13)11(10)9-5-6-15-18(9)3/h5-7,11H,4H2,1-3H3,(H,14,16,17). The Labute approximate surface area is 121 Å². The fourth-order valence-corrected chi connectivity index (χ4v) is 2.49. The number of aryl methyl sites for hydroxylation is 1. The van der Waals surface area contributed by atoms with Crippen molar-refractivity contribution in [1.29, 1.82) is 0 Å². The van der Waals surface area contributed by atoms with Gasteiger partial charge in [0.25, 0.3) is 0 Å². The van der Waals surface area contributed by atoms with Gasteiger partial charge in [-0.3, -0.25) is 4.68 Å².